The first-order valence-corrected chi connectivity index (χ1v) is 7.78. The van der Waals surface area contributed by atoms with Gasteiger partial charge in [-0.2, -0.15) is 0 Å². The third kappa shape index (κ3) is 6.23. The molecule has 0 N–H and O–H groups in total. The first kappa shape index (κ1) is 15.3. The van der Waals surface area contributed by atoms with Crippen LogP contribution >= 0.6 is 0 Å². The number of rotatable bonds is 9. The minimum absolute atomic E-state index is 0.855. The maximum absolute atomic E-state index is 2.39. The summed E-state index contributed by atoms with van der Waals surface area (Å²) in [6.45, 7) is 7.07. The minimum Gasteiger partial charge on any atom is -0.0654 e. The fourth-order valence-corrected chi connectivity index (χ4v) is 2.66. The normalized spacial score (nSPS) is 12.9. The van der Waals surface area contributed by atoms with Crippen LogP contribution in [0.5, 0.6) is 0 Å². The van der Waals surface area contributed by atoms with Crippen LogP contribution in [0, 0.1) is 11.8 Å². The first-order valence-electron chi connectivity index (χ1n) is 7.78. The Balaban J connectivity index is 2.18. The molecule has 0 radical (unpaired) electrons. The highest BCUT2D eigenvalue weighted by Crippen LogP contribution is 2.24. The Labute approximate surface area is 114 Å². The first-order chi connectivity index (χ1) is 8.74. The van der Waals surface area contributed by atoms with Gasteiger partial charge >= 0.3 is 0 Å². The van der Waals surface area contributed by atoms with Gasteiger partial charge in [-0.1, -0.05) is 83.2 Å². The third-order valence-corrected chi connectivity index (χ3v) is 4.00. The lowest BCUT2D eigenvalue weighted by molar-refractivity contribution is 0.318. The quantitative estimate of drug-likeness (QED) is 0.479. The molecule has 102 valence electrons. The van der Waals surface area contributed by atoms with E-state index in [4.69, 9.17) is 0 Å². The Morgan fingerprint density at radius 2 is 1.56 bits per heavy atom. The van der Waals surface area contributed by atoms with Gasteiger partial charge in [0.05, 0.1) is 0 Å². The number of aryl methyl sites for hydroxylation is 1. The van der Waals surface area contributed by atoms with E-state index in [1.807, 2.05) is 0 Å². The molecule has 0 spiro atoms. The van der Waals surface area contributed by atoms with E-state index in [0.717, 1.165) is 11.8 Å². The summed E-state index contributed by atoms with van der Waals surface area (Å²) in [5.41, 5.74) is 1.49. The molecule has 1 rings (SSSR count). The summed E-state index contributed by atoms with van der Waals surface area (Å²) in [4.78, 5) is 0. The number of unbranched alkanes of at least 4 members (excludes halogenated alkanes) is 2. The maximum Gasteiger partial charge on any atom is -0.0279 e. The summed E-state index contributed by atoms with van der Waals surface area (Å²) < 4.78 is 0. The van der Waals surface area contributed by atoms with Crippen molar-refractivity contribution in [2.75, 3.05) is 0 Å². The van der Waals surface area contributed by atoms with Crippen LogP contribution < -0.4 is 0 Å². The molecule has 0 aliphatic rings. The average molecular weight is 246 g/mol. The average Bonchev–Trinajstić information content (AvgIpc) is 2.38. The summed E-state index contributed by atoms with van der Waals surface area (Å²) in [6.07, 6.45) is 9.58. The van der Waals surface area contributed by atoms with Gasteiger partial charge in [-0.3, -0.25) is 0 Å². The number of hydrogen-bond donors (Lipinski definition) is 0. The molecule has 0 aromatic heterocycles. The van der Waals surface area contributed by atoms with Gasteiger partial charge in [-0.15, -0.1) is 0 Å². The fourth-order valence-electron chi connectivity index (χ4n) is 2.66. The van der Waals surface area contributed by atoms with Crippen molar-refractivity contribution in [3.63, 3.8) is 0 Å². The molecule has 18 heavy (non-hydrogen) atoms. The predicted octanol–water partition coefficient (Wildman–Crippen LogP) is 5.86. The molecule has 1 atom stereocenters. The molecular formula is C18H30. The second kappa shape index (κ2) is 9.19. The molecule has 1 aromatic rings. The minimum atomic E-state index is 0.855. The van der Waals surface area contributed by atoms with E-state index in [0.29, 0.717) is 0 Å². The lowest BCUT2D eigenvalue weighted by atomic mass is 9.86. The fraction of sp³-hybridized carbons (Fsp3) is 0.667. The second-order valence-corrected chi connectivity index (χ2v) is 5.88. The van der Waals surface area contributed by atoms with E-state index >= 15 is 0 Å². The summed E-state index contributed by atoms with van der Waals surface area (Å²) >= 11 is 0. The molecule has 0 saturated carbocycles. The Bertz CT molecular complexity index is 286. The molecule has 0 nitrogen and oxygen atoms in total. The van der Waals surface area contributed by atoms with Gasteiger partial charge in [-0.05, 0) is 30.2 Å². The smallest absolute Gasteiger partial charge is 0.0279 e. The molecule has 0 aliphatic carbocycles. The maximum atomic E-state index is 2.39. The Hall–Kier alpha value is -0.780. The molecule has 0 bridgehead atoms. The van der Waals surface area contributed by atoms with Crippen LogP contribution in [0.1, 0.15) is 64.9 Å². The SMILES string of the molecule is CCCCC(CCCCc1ccccc1)C(C)C. The zero-order valence-electron chi connectivity index (χ0n) is 12.5. The Morgan fingerprint density at radius 3 is 2.17 bits per heavy atom. The van der Waals surface area contributed by atoms with Crippen LogP contribution in [0.3, 0.4) is 0 Å². The summed E-state index contributed by atoms with van der Waals surface area (Å²) in [5.74, 6) is 1.80. The van der Waals surface area contributed by atoms with Crippen LogP contribution in [-0.2, 0) is 6.42 Å². The molecule has 0 heteroatoms. The van der Waals surface area contributed by atoms with Crippen LogP contribution in [-0.4, -0.2) is 0 Å². The predicted molar refractivity (Wildman–Crippen MR) is 81.9 cm³/mol. The highest BCUT2D eigenvalue weighted by Gasteiger charge is 2.12. The standard InChI is InChI=1S/C18H30/c1-4-5-14-18(16(2)3)15-10-9-13-17-11-7-6-8-12-17/h6-8,11-12,16,18H,4-5,9-10,13-15H2,1-3H3. The van der Waals surface area contributed by atoms with Gasteiger partial charge in [0.1, 0.15) is 0 Å². The van der Waals surface area contributed by atoms with Gasteiger partial charge in [0.2, 0.25) is 0 Å². The van der Waals surface area contributed by atoms with Gasteiger partial charge in [-0.25, -0.2) is 0 Å². The Kier molecular flexibility index (Phi) is 7.80. The molecule has 1 unspecified atom stereocenters. The number of benzene rings is 1. The monoisotopic (exact) mass is 246 g/mol. The van der Waals surface area contributed by atoms with Crippen molar-refractivity contribution < 1.29 is 0 Å². The van der Waals surface area contributed by atoms with E-state index in [1.54, 1.807) is 0 Å². The van der Waals surface area contributed by atoms with E-state index < -0.39 is 0 Å². The van der Waals surface area contributed by atoms with Gasteiger partial charge in [0.15, 0.2) is 0 Å². The van der Waals surface area contributed by atoms with E-state index in [-0.39, 0.29) is 0 Å². The van der Waals surface area contributed by atoms with Crippen molar-refractivity contribution >= 4 is 0 Å². The zero-order valence-corrected chi connectivity index (χ0v) is 12.5. The lowest BCUT2D eigenvalue weighted by Crippen LogP contribution is -2.08. The molecule has 0 fully saturated rings. The zero-order chi connectivity index (χ0) is 13.2. The lowest BCUT2D eigenvalue weighted by Gasteiger charge is -2.20. The van der Waals surface area contributed by atoms with E-state index in [9.17, 15) is 0 Å². The summed E-state index contributed by atoms with van der Waals surface area (Å²) in [5, 5.41) is 0. The van der Waals surface area contributed by atoms with Crippen molar-refractivity contribution in [1.29, 1.82) is 0 Å². The van der Waals surface area contributed by atoms with Crippen molar-refractivity contribution in [2.24, 2.45) is 11.8 Å². The van der Waals surface area contributed by atoms with Crippen molar-refractivity contribution in [2.45, 2.75) is 65.7 Å². The topological polar surface area (TPSA) is 0 Å². The van der Waals surface area contributed by atoms with E-state index in [2.05, 4.69) is 51.1 Å². The van der Waals surface area contributed by atoms with Crippen molar-refractivity contribution in [1.82, 2.24) is 0 Å². The van der Waals surface area contributed by atoms with Crippen LogP contribution in [0.4, 0.5) is 0 Å². The van der Waals surface area contributed by atoms with Crippen molar-refractivity contribution in [3.05, 3.63) is 35.9 Å². The van der Waals surface area contributed by atoms with Gasteiger partial charge < -0.3 is 0 Å². The molecular weight excluding hydrogens is 216 g/mol. The molecule has 0 amide bonds. The molecule has 0 heterocycles. The second-order valence-electron chi connectivity index (χ2n) is 5.88. The summed E-state index contributed by atoms with van der Waals surface area (Å²) in [7, 11) is 0. The molecule has 0 saturated heterocycles. The highest BCUT2D eigenvalue weighted by atomic mass is 14.2. The third-order valence-electron chi connectivity index (χ3n) is 4.00. The summed E-state index contributed by atoms with van der Waals surface area (Å²) in [6, 6.07) is 10.9. The van der Waals surface area contributed by atoms with E-state index in [1.165, 1.54) is 50.5 Å². The number of hydrogen-bond acceptors (Lipinski definition) is 0. The van der Waals surface area contributed by atoms with Crippen LogP contribution in [0.25, 0.3) is 0 Å². The van der Waals surface area contributed by atoms with Crippen LogP contribution in [0.15, 0.2) is 30.3 Å². The van der Waals surface area contributed by atoms with Gasteiger partial charge in [0.25, 0.3) is 0 Å². The van der Waals surface area contributed by atoms with Crippen LogP contribution in [0.2, 0.25) is 0 Å². The largest absolute Gasteiger partial charge is 0.0654 e. The van der Waals surface area contributed by atoms with Crippen molar-refractivity contribution in [3.8, 4) is 0 Å². The molecule has 1 aromatic carbocycles. The van der Waals surface area contributed by atoms with Gasteiger partial charge in [0, 0.05) is 0 Å². The molecule has 0 aliphatic heterocycles. The Morgan fingerprint density at radius 1 is 0.889 bits per heavy atom. The highest BCUT2D eigenvalue weighted by molar-refractivity contribution is 5.14.